The molecule has 5 nitrogen and oxygen atoms in total. The highest BCUT2D eigenvalue weighted by Crippen LogP contribution is 2.28. The van der Waals surface area contributed by atoms with Crippen molar-refractivity contribution in [3.05, 3.63) is 23.2 Å². The molecule has 1 aliphatic carbocycles. The summed E-state index contributed by atoms with van der Waals surface area (Å²) in [4.78, 5) is 11.8. The summed E-state index contributed by atoms with van der Waals surface area (Å²) in [5.74, 6) is 0. The van der Waals surface area contributed by atoms with Crippen molar-refractivity contribution in [2.24, 2.45) is 0 Å². The van der Waals surface area contributed by atoms with E-state index in [9.17, 15) is 4.79 Å². The number of rotatable bonds is 3. The summed E-state index contributed by atoms with van der Waals surface area (Å²) in [6.45, 7) is 5.81. The lowest BCUT2D eigenvalue weighted by Crippen LogP contribution is -2.43. The zero-order valence-corrected chi connectivity index (χ0v) is 14.7. The van der Waals surface area contributed by atoms with Gasteiger partial charge in [0.1, 0.15) is 6.10 Å². The Kier molecular flexibility index (Phi) is 5.63. The van der Waals surface area contributed by atoms with Crippen LogP contribution < -0.4 is 16.4 Å². The maximum Gasteiger partial charge on any atom is 0.407 e. The third kappa shape index (κ3) is 5.82. The lowest BCUT2D eigenvalue weighted by Gasteiger charge is -2.31. The lowest BCUT2D eigenvalue weighted by molar-refractivity contribution is 0.0682. The molecule has 0 unspecified atom stereocenters. The molecule has 0 aromatic heterocycles. The molecule has 0 atom stereocenters. The molecule has 4 N–H and O–H groups in total. The Morgan fingerprint density at radius 1 is 1.26 bits per heavy atom. The third-order valence-corrected chi connectivity index (χ3v) is 4.03. The molecule has 1 amide bonds. The van der Waals surface area contributed by atoms with E-state index in [4.69, 9.17) is 22.1 Å². The molecule has 0 radical (unpaired) electrons. The Morgan fingerprint density at radius 3 is 2.48 bits per heavy atom. The summed E-state index contributed by atoms with van der Waals surface area (Å²) in [5.41, 5.74) is 7.25. The number of carbonyl (C=O) groups excluding carboxylic acids is 1. The van der Waals surface area contributed by atoms with Crippen LogP contribution in [0.4, 0.5) is 16.2 Å². The molecule has 128 valence electrons. The van der Waals surface area contributed by atoms with Gasteiger partial charge in [0.25, 0.3) is 0 Å². The zero-order valence-electron chi connectivity index (χ0n) is 14.0. The lowest BCUT2D eigenvalue weighted by atomic mass is 9.92. The van der Waals surface area contributed by atoms with E-state index in [2.05, 4.69) is 10.6 Å². The molecule has 23 heavy (non-hydrogen) atoms. The first-order valence-electron chi connectivity index (χ1n) is 8.03. The minimum atomic E-state index is -0.337. The third-order valence-electron chi connectivity index (χ3n) is 3.80. The van der Waals surface area contributed by atoms with Crippen molar-refractivity contribution >= 4 is 29.1 Å². The molecule has 0 saturated heterocycles. The maximum atomic E-state index is 11.8. The van der Waals surface area contributed by atoms with Gasteiger partial charge in [0.2, 0.25) is 0 Å². The van der Waals surface area contributed by atoms with E-state index in [-0.39, 0.29) is 17.7 Å². The first-order valence-corrected chi connectivity index (χ1v) is 8.41. The van der Waals surface area contributed by atoms with Crippen molar-refractivity contribution in [1.29, 1.82) is 0 Å². The van der Waals surface area contributed by atoms with Crippen molar-refractivity contribution in [1.82, 2.24) is 5.32 Å². The van der Waals surface area contributed by atoms with Crippen molar-refractivity contribution in [2.45, 2.75) is 64.1 Å². The van der Waals surface area contributed by atoms with Crippen molar-refractivity contribution in [2.75, 3.05) is 11.1 Å². The maximum absolute atomic E-state index is 11.8. The Morgan fingerprint density at radius 2 is 1.91 bits per heavy atom. The molecule has 0 aliphatic heterocycles. The molecule has 0 spiro atoms. The van der Waals surface area contributed by atoms with Gasteiger partial charge in [-0.3, -0.25) is 0 Å². The topological polar surface area (TPSA) is 76.4 Å². The van der Waals surface area contributed by atoms with E-state index >= 15 is 0 Å². The van der Waals surface area contributed by atoms with E-state index in [0.29, 0.717) is 16.8 Å². The summed E-state index contributed by atoms with van der Waals surface area (Å²) < 4.78 is 5.49. The Bertz CT molecular complexity index is 549. The normalized spacial score (nSPS) is 21.6. The molecule has 2 rings (SSSR count). The van der Waals surface area contributed by atoms with Crippen LogP contribution in [0.2, 0.25) is 5.02 Å². The van der Waals surface area contributed by atoms with Gasteiger partial charge >= 0.3 is 6.09 Å². The van der Waals surface area contributed by atoms with Crippen LogP contribution >= 0.6 is 11.6 Å². The number of amides is 1. The Balaban J connectivity index is 1.79. The summed E-state index contributed by atoms with van der Waals surface area (Å²) >= 11 is 5.91. The number of hydrogen-bond donors (Lipinski definition) is 3. The molecular formula is C17H26ClN3O2. The summed E-state index contributed by atoms with van der Waals surface area (Å²) in [6, 6.07) is 5.81. The van der Waals surface area contributed by atoms with Crippen LogP contribution in [-0.2, 0) is 4.74 Å². The fourth-order valence-electron chi connectivity index (χ4n) is 2.70. The minimum absolute atomic E-state index is 0.0158. The van der Waals surface area contributed by atoms with Crippen LogP contribution in [0.5, 0.6) is 0 Å². The van der Waals surface area contributed by atoms with Crippen LogP contribution in [0.3, 0.4) is 0 Å². The molecule has 0 heterocycles. The molecule has 0 bridgehead atoms. The molecular weight excluding hydrogens is 314 g/mol. The number of carbonyl (C=O) groups is 1. The first kappa shape index (κ1) is 17.7. The van der Waals surface area contributed by atoms with E-state index in [1.165, 1.54) is 0 Å². The second-order valence-electron chi connectivity index (χ2n) is 7.13. The largest absolute Gasteiger partial charge is 0.446 e. The molecule has 1 saturated carbocycles. The summed E-state index contributed by atoms with van der Waals surface area (Å²) in [6.07, 6.45) is 3.23. The average molecular weight is 340 g/mol. The van der Waals surface area contributed by atoms with E-state index < -0.39 is 0 Å². The van der Waals surface area contributed by atoms with Gasteiger partial charge in [-0.05, 0) is 64.7 Å². The van der Waals surface area contributed by atoms with Gasteiger partial charge in [-0.15, -0.1) is 0 Å². The number of anilines is 2. The Labute approximate surface area is 142 Å². The fraction of sp³-hybridized carbons (Fsp3) is 0.588. The van der Waals surface area contributed by atoms with Crippen molar-refractivity contribution in [3.8, 4) is 0 Å². The van der Waals surface area contributed by atoms with Crippen molar-refractivity contribution < 1.29 is 9.53 Å². The van der Waals surface area contributed by atoms with E-state index in [0.717, 1.165) is 31.4 Å². The highest BCUT2D eigenvalue weighted by Gasteiger charge is 2.25. The molecule has 6 heteroatoms. The fourth-order valence-corrected chi connectivity index (χ4v) is 2.88. The minimum Gasteiger partial charge on any atom is -0.446 e. The number of nitrogen functional groups attached to an aromatic ring is 1. The Hall–Kier alpha value is -1.62. The number of alkyl carbamates (subject to hydrolysis) is 1. The standard InChI is InChI=1S/C17H26ClN3O2/c1-17(2,3)21-16(22)23-13-7-5-12(6-8-13)20-15-9-4-11(18)10-14(15)19/h4,9-10,12-13,20H,5-8,19H2,1-3H3,(H,21,22). The second-order valence-corrected chi connectivity index (χ2v) is 7.57. The summed E-state index contributed by atoms with van der Waals surface area (Å²) in [7, 11) is 0. The van der Waals surface area contributed by atoms with Gasteiger partial charge in [-0.2, -0.15) is 0 Å². The van der Waals surface area contributed by atoms with Gasteiger partial charge in [-0.25, -0.2) is 4.79 Å². The predicted molar refractivity (Wildman–Crippen MR) is 94.9 cm³/mol. The number of halogens is 1. The van der Waals surface area contributed by atoms with Gasteiger partial charge in [0.05, 0.1) is 11.4 Å². The smallest absolute Gasteiger partial charge is 0.407 e. The average Bonchev–Trinajstić information content (AvgIpc) is 2.42. The SMILES string of the molecule is CC(C)(C)NC(=O)OC1CCC(Nc2ccc(Cl)cc2N)CC1. The first-order chi connectivity index (χ1) is 10.7. The van der Waals surface area contributed by atoms with Gasteiger partial charge < -0.3 is 21.1 Å². The quantitative estimate of drug-likeness (QED) is 0.722. The molecule has 1 fully saturated rings. The number of benzene rings is 1. The number of ether oxygens (including phenoxy) is 1. The van der Waals surface area contributed by atoms with Gasteiger partial charge in [0, 0.05) is 16.6 Å². The highest BCUT2D eigenvalue weighted by molar-refractivity contribution is 6.31. The van der Waals surface area contributed by atoms with Crippen LogP contribution in [0.15, 0.2) is 18.2 Å². The zero-order chi connectivity index (χ0) is 17.0. The van der Waals surface area contributed by atoms with E-state index in [1.807, 2.05) is 32.9 Å². The van der Waals surface area contributed by atoms with Gasteiger partial charge in [-0.1, -0.05) is 11.6 Å². The van der Waals surface area contributed by atoms with Crippen LogP contribution in [0.25, 0.3) is 0 Å². The van der Waals surface area contributed by atoms with Crippen LogP contribution in [0, 0.1) is 0 Å². The number of hydrogen-bond acceptors (Lipinski definition) is 4. The van der Waals surface area contributed by atoms with Crippen molar-refractivity contribution in [3.63, 3.8) is 0 Å². The van der Waals surface area contributed by atoms with Crippen LogP contribution in [0.1, 0.15) is 46.5 Å². The second kappa shape index (κ2) is 7.30. The summed E-state index contributed by atoms with van der Waals surface area (Å²) in [5, 5.41) is 6.91. The monoisotopic (exact) mass is 339 g/mol. The van der Waals surface area contributed by atoms with E-state index in [1.54, 1.807) is 6.07 Å². The number of nitrogens with one attached hydrogen (secondary N) is 2. The number of nitrogens with two attached hydrogens (primary N) is 1. The molecule has 1 aromatic rings. The molecule has 1 aliphatic rings. The van der Waals surface area contributed by atoms with Crippen LogP contribution in [-0.4, -0.2) is 23.8 Å². The predicted octanol–water partition coefficient (Wildman–Crippen LogP) is 4.17. The molecule has 1 aromatic carbocycles. The van der Waals surface area contributed by atoms with Gasteiger partial charge in [0.15, 0.2) is 0 Å². The highest BCUT2D eigenvalue weighted by atomic mass is 35.5.